The number of benzene rings is 1. The number of aliphatic hydroxyl groups is 2. The van der Waals surface area contributed by atoms with Crippen molar-refractivity contribution in [3.05, 3.63) is 57.6 Å². The Morgan fingerprint density at radius 3 is 2.21 bits per heavy atom. The van der Waals surface area contributed by atoms with Gasteiger partial charge < -0.3 is 45.5 Å². The van der Waals surface area contributed by atoms with Crippen molar-refractivity contribution >= 4 is 29.2 Å². The summed E-state index contributed by atoms with van der Waals surface area (Å²) in [5.74, 6) is 5.63. The molecule has 1 fully saturated rings. The summed E-state index contributed by atoms with van der Waals surface area (Å²) >= 11 is 5.65. The standard InChI is InChI=1S/C32H44ClN5O9/c33-11-3-1-2-4-14-45-18-19-46-17-13-36-31(42)24-9-7-23(8-10-24)30(41)35-12-16-44-15-5-6-25-21-38(32(43)37-29(25)34)28-20-26(40)27(22-39)47-28/h7-10,21,26-28,39-40H,1-4,11-20,22H2,(H,35,41)(H,36,42)(H2,34,37,43)/t26?,27-,28-/m1/s1. The second kappa shape index (κ2) is 21.3. The molecule has 2 aromatic rings. The van der Waals surface area contributed by atoms with Crippen molar-refractivity contribution in [1.29, 1.82) is 0 Å². The summed E-state index contributed by atoms with van der Waals surface area (Å²) in [7, 11) is 0. The van der Waals surface area contributed by atoms with E-state index in [-0.39, 0.29) is 56.0 Å². The van der Waals surface area contributed by atoms with Crippen molar-refractivity contribution in [3.63, 3.8) is 0 Å². The fraction of sp³-hybridized carbons (Fsp3) is 0.562. The highest BCUT2D eigenvalue weighted by Gasteiger charge is 2.35. The number of alkyl halides is 1. The molecular weight excluding hydrogens is 634 g/mol. The van der Waals surface area contributed by atoms with Gasteiger partial charge in [-0.1, -0.05) is 24.7 Å². The second-order valence-electron chi connectivity index (χ2n) is 10.6. The normalized spacial score (nSPS) is 17.2. The quantitative estimate of drug-likeness (QED) is 0.0756. The molecule has 14 nitrogen and oxygen atoms in total. The van der Waals surface area contributed by atoms with Gasteiger partial charge in [0.15, 0.2) is 0 Å². The largest absolute Gasteiger partial charge is 0.394 e. The molecule has 2 amide bonds. The number of rotatable bonds is 20. The first-order valence-corrected chi connectivity index (χ1v) is 16.1. The summed E-state index contributed by atoms with van der Waals surface area (Å²) < 4.78 is 23.1. The Balaban J connectivity index is 1.28. The van der Waals surface area contributed by atoms with Crippen LogP contribution in [0.15, 0.2) is 35.3 Å². The van der Waals surface area contributed by atoms with E-state index in [1.165, 1.54) is 10.8 Å². The molecule has 0 radical (unpaired) electrons. The van der Waals surface area contributed by atoms with E-state index in [2.05, 4.69) is 27.5 Å². The average Bonchev–Trinajstić information content (AvgIpc) is 3.45. The average molecular weight is 678 g/mol. The van der Waals surface area contributed by atoms with E-state index in [1.807, 2.05) is 0 Å². The Kier molecular flexibility index (Phi) is 17.2. The van der Waals surface area contributed by atoms with Gasteiger partial charge in [-0.25, -0.2) is 4.79 Å². The van der Waals surface area contributed by atoms with Gasteiger partial charge in [-0.2, -0.15) is 4.98 Å². The molecule has 1 aliphatic heterocycles. The van der Waals surface area contributed by atoms with Crippen LogP contribution in [0.1, 0.15) is 64.6 Å². The maximum Gasteiger partial charge on any atom is 0.351 e. The maximum absolute atomic E-state index is 12.4. The molecule has 258 valence electrons. The van der Waals surface area contributed by atoms with Gasteiger partial charge in [-0.3, -0.25) is 14.2 Å². The Bertz CT molecular complexity index is 1380. The van der Waals surface area contributed by atoms with Gasteiger partial charge in [-0.15, -0.1) is 11.6 Å². The molecule has 1 aromatic carbocycles. The highest BCUT2D eigenvalue weighted by atomic mass is 35.5. The summed E-state index contributed by atoms with van der Waals surface area (Å²) in [6, 6.07) is 6.29. The highest BCUT2D eigenvalue weighted by molar-refractivity contribution is 6.17. The molecule has 2 heterocycles. The number of unbranched alkanes of at least 4 members (excludes halogenated alkanes) is 3. The fourth-order valence-corrected chi connectivity index (χ4v) is 4.70. The van der Waals surface area contributed by atoms with Crippen LogP contribution in [0.4, 0.5) is 5.82 Å². The molecule has 3 atom stereocenters. The minimum absolute atomic E-state index is 0.0259. The number of aliphatic hydroxyl groups excluding tert-OH is 2. The predicted octanol–water partition coefficient (Wildman–Crippen LogP) is 0.827. The maximum atomic E-state index is 12.4. The number of amides is 2. The molecule has 15 heteroatoms. The third kappa shape index (κ3) is 13.2. The van der Waals surface area contributed by atoms with Crippen LogP contribution in [0.3, 0.4) is 0 Å². The number of aromatic nitrogens is 2. The lowest BCUT2D eigenvalue weighted by Gasteiger charge is -2.15. The number of nitrogens with one attached hydrogen (secondary N) is 2. The number of anilines is 1. The van der Waals surface area contributed by atoms with Crippen LogP contribution in [0.5, 0.6) is 0 Å². The Hall–Kier alpha value is -3.55. The molecule has 6 N–H and O–H groups in total. The number of nitrogens with zero attached hydrogens (tertiary/aromatic N) is 2. The first kappa shape index (κ1) is 37.9. The van der Waals surface area contributed by atoms with Crippen LogP contribution in [0.2, 0.25) is 0 Å². The Morgan fingerprint density at radius 2 is 1.60 bits per heavy atom. The van der Waals surface area contributed by atoms with Crippen LogP contribution in [-0.4, -0.2) is 109 Å². The lowest BCUT2D eigenvalue weighted by molar-refractivity contribution is -0.0458. The first-order valence-electron chi connectivity index (χ1n) is 15.6. The van der Waals surface area contributed by atoms with Gasteiger partial charge in [0.1, 0.15) is 24.8 Å². The van der Waals surface area contributed by atoms with Crippen LogP contribution < -0.4 is 22.1 Å². The van der Waals surface area contributed by atoms with Gasteiger partial charge in [0.2, 0.25) is 0 Å². The zero-order valence-corrected chi connectivity index (χ0v) is 27.1. The zero-order valence-electron chi connectivity index (χ0n) is 26.3. The number of ether oxygens (including phenoxy) is 4. The molecule has 0 spiro atoms. The van der Waals surface area contributed by atoms with E-state index >= 15 is 0 Å². The van der Waals surface area contributed by atoms with E-state index in [1.54, 1.807) is 24.3 Å². The number of carbonyl (C=O) groups is 2. The third-order valence-corrected chi connectivity index (χ3v) is 7.36. The number of hydrogen-bond acceptors (Lipinski definition) is 11. The molecule has 47 heavy (non-hydrogen) atoms. The zero-order chi connectivity index (χ0) is 33.9. The van der Waals surface area contributed by atoms with Crippen molar-refractivity contribution in [3.8, 4) is 11.8 Å². The van der Waals surface area contributed by atoms with Crippen molar-refractivity contribution in [2.75, 3.05) is 71.0 Å². The number of hydrogen-bond donors (Lipinski definition) is 5. The predicted molar refractivity (Wildman–Crippen MR) is 174 cm³/mol. The van der Waals surface area contributed by atoms with E-state index in [0.717, 1.165) is 25.7 Å². The molecule has 0 bridgehead atoms. The van der Waals surface area contributed by atoms with Crippen molar-refractivity contribution in [2.24, 2.45) is 0 Å². The first-order chi connectivity index (χ1) is 22.8. The summed E-state index contributed by atoms with van der Waals surface area (Å²) in [6.45, 7) is 2.46. The lowest BCUT2D eigenvalue weighted by atomic mass is 10.1. The van der Waals surface area contributed by atoms with Crippen LogP contribution in [0, 0.1) is 11.8 Å². The monoisotopic (exact) mass is 677 g/mol. The van der Waals surface area contributed by atoms with E-state index < -0.39 is 24.1 Å². The van der Waals surface area contributed by atoms with Gasteiger partial charge >= 0.3 is 5.69 Å². The summed E-state index contributed by atoms with van der Waals surface area (Å²) in [6.07, 6.45) is 3.27. The summed E-state index contributed by atoms with van der Waals surface area (Å²) in [5, 5.41) is 24.7. The fourth-order valence-electron chi connectivity index (χ4n) is 4.51. The van der Waals surface area contributed by atoms with E-state index in [0.29, 0.717) is 50.0 Å². The minimum atomic E-state index is -0.914. The van der Waals surface area contributed by atoms with Gasteiger partial charge in [0.05, 0.1) is 44.7 Å². The Labute approximate surface area is 278 Å². The number of nitrogens with two attached hydrogens (primary N) is 1. The minimum Gasteiger partial charge on any atom is -0.394 e. The summed E-state index contributed by atoms with van der Waals surface area (Å²) in [4.78, 5) is 40.8. The highest BCUT2D eigenvalue weighted by Crippen LogP contribution is 2.27. The Morgan fingerprint density at radius 1 is 0.979 bits per heavy atom. The van der Waals surface area contributed by atoms with Crippen molar-refractivity contribution in [2.45, 2.75) is 50.5 Å². The molecule has 1 aliphatic rings. The molecule has 0 saturated carbocycles. The molecular formula is C32H44ClN5O9. The van der Waals surface area contributed by atoms with Gasteiger partial charge in [0.25, 0.3) is 11.8 Å². The number of nitrogen functional groups attached to an aromatic ring is 1. The van der Waals surface area contributed by atoms with Crippen molar-refractivity contribution < 1.29 is 38.7 Å². The van der Waals surface area contributed by atoms with E-state index in [9.17, 15) is 24.6 Å². The molecule has 3 rings (SSSR count). The smallest absolute Gasteiger partial charge is 0.351 e. The van der Waals surface area contributed by atoms with Crippen LogP contribution in [0.25, 0.3) is 0 Å². The molecule has 0 aliphatic carbocycles. The van der Waals surface area contributed by atoms with Gasteiger partial charge in [0, 0.05) is 49.3 Å². The SMILES string of the molecule is Nc1nc(=O)n([C@H]2CC(O)[C@@H](CO)O2)cc1C#CCOCCNC(=O)c1ccc(C(=O)NCCOCCOCCCCCCCl)cc1. The number of halogens is 1. The van der Waals surface area contributed by atoms with Gasteiger partial charge in [-0.05, 0) is 37.1 Å². The molecule has 1 unspecified atom stereocenters. The molecule has 1 aromatic heterocycles. The topological polar surface area (TPSA) is 196 Å². The van der Waals surface area contributed by atoms with Crippen LogP contribution >= 0.6 is 11.6 Å². The molecule has 1 saturated heterocycles. The lowest BCUT2D eigenvalue weighted by Crippen LogP contribution is -2.29. The number of carbonyl (C=O) groups excluding carboxylic acids is 2. The van der Waals surface area contributed by atoms with E-state index in [4.69, 9.17) is 36.3 Å². The third-order valence-electron chi connectivity index (χ3n) is 7.09. The summed E-state index contributed by atoms with van der Waals surface area (Å²) in [5.41, 5.74) is 6.27. The van der Waals surface area contributed by atoms with Crippen LogP contribution in [-0.2, 0) is 18.9 Å². The second-order valence-corrected chi connectivity index (χ2v) is 11.0. The van der Waals surface area contributed by atoms with Crippen molar-refractivity contribution in [1.82, 2.24) is 20.2 Å².